The number of halogens is 1. The summed E-state index contributed by atoms with van der Waals surface area (Å²) in [7, 11) is 0. The van der Waals surface area contributed by atoms with E-state index in [9.17, 15) is 4.79 Å². The number of ether oxygens (including phenoxy) is 2. The molecule has 0 radical (unpaired) electrons. The lowest BCUT2D eigenvalue weighted by Crippen LogP contribution is -2.43. The van der Waals surface area contributed by atoms with Gasteiger partial charge in [0.2, 0.25) is 0 Å². The first-order valence-electron chi connectivity index (χ1n) is 5.24. The summed E-state index contributed by atoms with van der Waals surface area (Å²) in [5.41, 5.74) is -0.414. The Morgan fingerprint density at radius 1 is 1.60 bits per heavy atom. The molecule has 5 unspecified atom stereocenters. The first-order chi connectivity index (χ1) is 7.17. The summed E-state index contributed by atoms with van der Waals surface area (Å²) >= 11 is 1.80. The van der Waals surface area contributed by atoms with E-state index in [-0.39, 0.29) is 25.0 Å². The van der Waals surface area contributed by atoms with Crippen LogP contribution in [0, 0.1) is 17.3 Å². The van der Waals surface area contributed by atoms with Gasteiger partial charge in [-0.1, -0.05) is 0 Å². The van der Waals surface area contributed by atoms with Crippen LogP contribution in [0.5, 0.6) is 0 Å². The molecule has 0 amide bonds. The van der Waals surface area contributed by atoms with Crippen LogP contribution in [0.3, 0.4) is 0 Å². The van der Waals surface area contributed by atoms with Crippen molar-refractivity contribution in [3.63, 3.8) is 0 Å². The highest BCUT2D eigenvalue weighted by molar-refractivity contribution is 14.1. The SMILES string of the molecule is CC12C(=O)OC3CC(CC31)C2OCOI. The van der Waals surface area contributed by atoms with Crippen molar-refractivity contribution >= 4 is 29.0 Å². The normalized spacial score (nSPS) is 51.2. The van der Waals surface area contributed by atoms with Crippen molar-refractivity contribution in [3.05, 3.63) is 0 Å². The summed E-state index contributed by atoms with van der Waals surface area (Å²) in [4.78, 5) is 11.8. The lowest BCUT2D eigenvalue weighted by atomic mass is 9.74. The van der Waals surface area contributed by atoms with Crippen molar-refractivity contribution in [2.75, 3.05) is 6.79 Å². The monoisotopic (exact) mass is 324 g/mol. The van der Waals surface area contributed by atoms with E-state index in [4.69, 9.17) is 12.5 Å². The molecule has 0 N–H and O–H groups in total. The number of rotatable bonds is 3. The van der Waals surface area contributed by atoms with Crippen molar-refractivity contribution in [2.24, 2.45) is 17.3 Å². The van der Waals surface area contributed by atoms with Crippen LogP contribution in [0.2, 0.25) is 0 Å². The lowest BCUT2D eigenvalue weighted by Gasteiger charge is -2.32. The molecule has 0 spiro atoms. The predicted molar refractivity (Wildman–Crippen MR) is 59.0 cm³/mol. The molecule has 1 heterocycles. The zero-order chi connectivity index (χ0) is 10.6. The number of esters is 1. The Labute approximate surface area is 102 Å². The molecule has 2 saturated carbocycles. The Morgan fingerprint density at radius 3 is 3.13 bits per heavy atom. The maximum absolute atomic E-state index is 11.8. The second kappa shape index (κ2) is 3.30. The van der Waals surface area contributed by atoms with E-state index in [0.29, 0.717) is 11.8 Å². The van der Waals surface area contributed by atoms with Crippen LogP contribution in [0.1, 0.15) is 19.8 Å². The highest BCUT2D eigenvalue weighted by Crippen LogP contribution is 2.62. The van der Waals surface area contributed by atoms with Crippen molar-refractivity contribution in [2.45, 2.75) is 32.0 Å². The van der Waals surface area contributed by atoms with Crippen molar-refractivity contribution < 1.29 is 17.3 Å². The van der Waals surface area contributed by atoms with Crippen LogP contribution in [-0.2, 0) is 17.3 Å². The van der Waals surface area contributed by atoms with Crippen LogP contribution in [0.25, 0.3) is 0 Å². The average molecular weight is 324 g/mol. The predicted octanol–water partition coefficient (Wildman–Crippen LogP) is 1.67. The van der Waals surface area contributed by atoms with Crippen LogP contribution in [0.4, 0.5) is 0 Å². The van der Waals surface area contributed by atoms with Gasteiger partial charge in [-0.25, -0.2) is 0 Å². The number of fused-ring (bicyclic) bond motifs is 1. The van der Waals surface area contributed by atoms with E-state index in [1.54, 1.807) is 23.0 Å². The molecule has 3 rings (SSSR count). The van der Waals surface area contributed by atoms with Gasteiger partial charge >= 0.3 is 5.97 Å². The molecule has 5 atom stereocenters. The van der Waals surface area contributed by atoms with Crippen molar-refractivity contribution in [1.82, 2.24) is 0 Å². The summed E-state index contributed by atoms with van der Waals surface area (Å²) in [6.45, 7) is 2.24. The van der Waals surface area contributed by atoms with Gasteiger partial charge in [-0.15, -0.1) is 0 Å². The molecule has 0 aromatic rings. The maximum atomic E-state index is 11.8. The summed E-state index contributed by atoms with van der Waals surface area (Å²) in [6.07, 6.45) is 2.19. The Bertz CT molecular complexity index is 308. The molecule has 4 nitrogen and oxygen atoms in total. The number of hydrogen-bond donors (Lipinski definition) is 0. The van der Waals surface area contributed by atoms with Gasteiger partial charge in [0, 0.05) is 5.92 Å². The number of hydrogen-bond acceptors (Lipinski definition) is 4. The van der Waals surface area contributed by atoms with Crippen LogP contribution in [-0.4, -0.2) is 25.0 Å². The standard InChI is InChI=1S/C10H13IO4/c1-10-6-2-5(8(10)13-4-14-11)3-7(6)15-9(10)12/h5-8H,2-4H2,1H3. The van der Waals surface area contributed by atoms with Gasteiger partial charge in [0.05, 0.1) is 11.5 Å². The van der Waals surface area contributed by atoms with Gasteiger partial charge in [-0.2, -0.15) is 0 Å². The van der Waals surface area contributed by atoms with E-state index < -0.39 is 5.41 Å². The van der Waals surface area contributed by atoms with Crippen LogP contribution >= 0.6 is 23.0 Å². The molecule has 2 bridgehead atoms. The Kier molecular flexibility index (Phi) is 2.27. The minimum atomic E-state index is -0.414. The molecule has 1 saturated heterocycles. The average Bonchev–Trinajstić information content (AvgIpc) is 2.75. The van der Waals surface area contributed by atoms with E-state index in [1.807, 2.05) is 6.92 Å². The Hall–Kier alpha value is 0.120. The summed E-state index contributed by atoms with van der Waals surface area (Å²) in [6, 6.07) is 0. The van der Waals surface area contributed by atoms with E-state index in [2.05, 4.69) is 0 Å². The van der Waals surface area contributed by atoms with Crippen LogP contribution in [0.15, 0.2) is 0 Å². The molecule has 3 fully saturated rings. The number of carbonyl (C=O) groups excluding carboxylic acids is 1. The zero-order valence-electron chi connectivity index (χ0n) is 8.44. The highest BCUT2D eigenvalue weighted by Gasteiger charge is 2.70. The van der Waals surface area contributed by atoms with Gasteiger partial charge in [0.1, 0.15) is 29.1 Å². The number of carbonyl (C=O) groups is 1. The minimum absolute atomic E-state index is 0.0106. The van der Waals surface area contributed by atoms with Gasteiger partial charge in [-0.3, -0.25) is 7.86 Å². The third kappa shape index (κ3) is 1.17. The summed E-state index contributed by atoms with van der Waals surface area (Å²) in [5, 5.41) is 0. The third-order valence-electron chi connectivity index (χ3n) is 4.32. The first-order valence-corrected chi connectivity index (χ1v) is 6.12. The second-order valence-electron chi connectivity index (χ2n) is 4.88. The molecule has 0 aromatic carbocycles. The summed E-state index contributed by atoms with van der Waals surface area (Å²) < 4.78 is 15.9. The van der Waals surface area contributed by atoms with Crippen molar-refractivity contribution in [3.8, 4) is 0 Å². The Morgan fingerprint density at radius 2 is 2.40 bits per heavy atom. The quantitative estimate of drug-likeness (QED) is 0.450. The fourth-order valence-electron chi connectivity index (χ4n) is 3.69. The molecule has 0 aromatic heterocycles. The van der Waals surface area contributed by atoms with E-state index in [1.165, 1.54) is 0 Å². The molecule has 15 heavy (non-hydrogen) atoms. The molecular formula is C10H13IO4. The molecule has 84 valence electrons. The van der Waals surface area contributed by atoms with Crippen molar-refractivity contribution in [1.29, 1.82) is 0 Å². The van der Waals surface area contributed by atoms with Gasteiger partial charge in [0.25, 0.3) is 0 Å². The van der Waals surface area contributed by atoms with E-state index in [0.717, 1.165) is 12.8 Å². The van der Waals surface area contributed by atoms with E-state index >= 15 is 0 Å². The van der Waals surface area contributed by atoms with Gasteiger partial charge in [-0.05, 0) is 25.7 Å². The molecular weight excluding hydrogens is 311 g/mol. The molecule has 5 heteroatoms. The summed E-state index contributed by atoms with van der Waals surface area (Å²) in [5.74, 6) is 0.771. The van der Waals surface area contributed by atoms with Crippen LogP contribution < -0.4 is 0 Å². The van der Waals surface area contributed by atoms with Gasteiger partial charge in [0.15, 0.2) is 6.79 Å². The minimum Gasteiger partial charge on any atom is -0.462 e. The first kappa shape index (κ1) is 10.3. The topological polar surface area (TPSA) is 44.8 Å². The molecule has 3 aliphatic rings. The second-order valence-corrected chi connectivity index (χ2v) is 5.50. The highest BCUT2D eigenvalue weighted by atomic mass is 127. The largest absolute Gasteiger partial charge is 0.462 e. The third-order valence-corrected chi connectivity index (χ3v) is 4.57. The zero-order valence-corrected chi connectivity index (χ0v) is 10.6. The molecule has 1 aliphatic heterocycles. The fourth-order valence-corrected chi connectivity index (χ4v) is 3.83. The van der Waals surface area contributed by atoms with Gasteiger partial charge < -0.3 is 9.47 Å². The Balaban J connectivity index is 1.87. The smallest absolute Gasteiger partial charge is 0.315 e. The fraction of sp³-hybridized carbons (Fsp3) is 0.900. The molecule has 2 aliphatic carbocycles. The lowest BCUT2D eigenvalue weighted by molar-refractivity contribution is -0.155. The maximum Gasteiger partial charge on any atom is 0.315 e.